The van der Waals surface area contributed by atoms with Crippen LogP contribution in [0, 0.1) is 0 Å². The first kappa shape index (κ1) is 10.7. The summed E-state index contributed by atoms with van der Waals surface area (Å²) in [4.78, 5) is 0. The summed E-state index contributed by atoms with van der Waals surface area (Å²) in [6.45, 7) is 5.42. The van der Waals surface area contributed by atoms with E-state index in [0.717, 1.165) is 6.61 Å². The van der Waals surface area contributed by atoms with E-state index in [0.29, 0.717) is 0 Å². The average Bonchev–Trinajstić information content (AvgIpc) is 2.36. The minimum absolute atomic E-state index is 0. The van der Waals surface area contributed by atoms with Crippen molar-refractivity contribution in [2.24, 2.45) is 0 Å². The molecular weight excluding hydrogens is 136 g/mol. The molecule has 0 aromatic carbocycles. The van der Waals surface area contributed by atoms with Crippen molar-refractivity contribution in [3.05, 3.63) is 0 Å². The zero-order valence-corrected chi connectivity index (χ0v) is 8.57. The summed E-state index contributed by atoms with van der Waals surface area (Å²) < 4.78 is 5.64. The SMILES string of the molecule is CCC1(CC)CCCO1.[Mg]. The van der Waals surface area contributed by atoms with Crippen LogP contribution in [0.2, 0.25) is 0 Å². The number of hydrogen-bond acceptors (Lipinski definition) is 1. The van der Waals surface area contributed by atoms with Gasteiger partial charge in [-0.2, -0.15) is 0 Å². The molecule has 1 saturated heterocycles. The Labute approximate surface area is 79.7 Å². The zero-order valence-electron chi connectivity index (χ0n) is 7.15. The van der Waals surface area contributed by atoms with Gasteiger partial charge >= 0.3 is 0 Å². The molecule has 0 bridgehead atoms. The molecule has 0 N–H and O–H groups in total. The summed E-state index contributed by atoms with van der Waals surface area (Å²) in [5.41, 5.74) is 0.278. The van der Waals surface area contributed by atoms with E-state index in [2.05, 4.69) is 13.8 Å². The number of ether oxygens (including phenoxy) is 1. The van der Waals surface area contributed by atoms with E-state index in [1.807, 2.05) is 0 Å². The first-order valence-electron chi connectivity index (χ1n) is 3.97. The van der Waals surface area contributed by atoms with Crippen LogP contribution in [-0.2, 0) is 4.74 Å². The molecular formula is C8H16MgO. The number of rotatable bonds is 2. The number of hydrogen-bond donors (Lipinski definition) is 0. The maximum absolute atomic E-state index is 5.64. The lowest BCUT2D eigenvalue weighted by Crippen LogP contribution is -2.24. The highest BCUT2D eigenvalue weighted by molar-refractivity contribution is 5.75. The van der Waals surface area contributed by atoms with Gasteiger partial charge in [0.2, 0.25) is 0 Å². The monoisotopic (exact) mass is 152 g/mol. The maximum Gasteiger partial charge on any atom is 0.0678 e. The van der Waals surface area contributed by atoms with Crippen LogP contribution in [-0.4, -0.2) is 35.3 Å². The van der Waals surface area contributed by atoms with Crippen molar-refractivity contribution in [2.45, 2.75) is 45.1 Å². The minimum Gasteiger partial charge on any atom is -0.375 e. The van der Waals surface area contributed by atoms with Gasteiger partial charge in [-0.3, -0.25) is 0 Å². The second-order valence-corrected chi connectivity index (χ2v) is 2.84. The van der Waals surface area contributed by atoms with E-state index in [4.69, 9.17) is 4.74 Å². The van der Waals surface area contributed by atoms with E-state index in [1.165, 1.54) is 25.7 Å². The summed E-state index contributed by atoms with van der Waals surface area (Å²) >= 11 is 0. The van der Waals surface area contributed by atoms with Gasteiger partial charge in [-0.1, -0.05) is 13.8 Å². The van der Waals surface area contributed by atoms with Crippen molar-refractivity contribution in [3.63, 3.8) is 0 Å². The van der Waals surface area contributed by atoms with Gasteiger partial charge in [-0.05, 0) is 25.7 Å². The molecule has 0 amide bonds. The molecule has 0 saturated carbocycles. The first-order valence-corrected chi connectivity index (χ1v) is 3.97. The van der Waals surface area contributed by atoms with Crippen molar-refractivity contribution in [1.82, 2.24) is 0 Å². The fraction of sp³-hybridized carbons (Fsp3) is 1.00. The smallest absolute Gasteiger partial charge is 0.0678 e. The molecule has 1 nitrogen and oxygen atoms in total. The lowest BCUT2D eigenvalue weighted by atomic mass is 9.94. The molecule has 0 spiro atoms. The first-order chi connectivity index (χ1) is 4.33. The quantitative estimate of drug-likeness (QED) is 0.550. The molecule has 0 aromatic rings. The Morgan fingerprint density at radius 3 is 2.10 bits per heavy atom. The van der Waals surface area contributed by atoms with Gasteiger partial charge in [0.25, 0.3) is 0 Å². The fourth-order valence-electron chi connectivity index (χ4n) is 1.56. The van der Waals surface area contributed by atoms with Crippen molar-refractivity contribution in [1.29, 1.82) is 0 Å². The van der Waals surface area contributed by atoms with Gasteiger partial charge in [0, 0.05) is 29.7 Å². The minimum atomic E-state index is 0. The van der Waals surface area contributed by atoms with Crippen LogP contribution in [0.3, 0.4) is 0 Å². The lowest BCUT2D eigenvalue weighted by Gasteiger charge is -2.24. The molecule has 10 heavy (non-hydrogen) atoms. The van der Waals surface area contributed by atoms with Gasteiger partial charge in [-0.25, -0.2) is 0 Å². The van der Waals surface area contributed by atoms with Crippen LogP contribution < -0.4 is 0 Å². The van der Waals surface area contributed by atoms with E-state index in [-0.39, 0.29) is 28.7 Å². The highest BCUT2D eigenvalue weighted by atomic mass is 24.3. The Morgan fingerprint density at radius 2 is 1.90 bits per heavy atom. The van der Waals surface area contributed by atoms with Gasteiger partial charge in [0.15, 0.2) is 0 Å². The van der Waals surface area contributed by atoms with Crippen molar-refractivity contribution in [2.75, 3.05) is 6.61 Å². The summed E-state index contributed by atoms with van der Waals surface area (Å²) in [6.07, 6.45) is 4.91. The molecule has 1 aliphatic rings. The van der Waals surface area contributed by atoms with Crippen LogP contribution in [0.25, 0.3) is 0 Å². The van der Waals surface area contributed by atoms with Crippen molar-refractivity contribution >= 4 is 23.1 Å². The molecule has 0 unspecified atom stereocenters. The van der Waals surface area contributed by atoms with Crippen LogP contribution in [0.4, 0.5) is 0 Å². The molecule has 0 atom stereocenters. The summed E-state index contributed by atoms with van der Waals surface area (Å²) in [5.74, 6) is 0. The zero-order chi connectivity index (χ0) is 6.74. The van der Waals surface area contributed by atoms with Crippen molar-refractivity contribution in [3.8, 4) is 0 Å². The van der Waals surface area contributed by atoms with Gasteiger partial charge in [0.1, 0.15) is 0 Å². The second-order valence-electron chi connectivity index (χ2n) is 2.84. The molecule has 1 fully saturated rings. The van der Waals surface area contributed by atoms with E-state index in [9.17, 15) is 0 Å². The van der Waals surface area contributed by atoms with Gasteiger partial charge < -0.3 is 4.74 Å². The van der Waals surface area contributed by atoms with Crippen LogP contribution in [0.15, 0.2) is 0 Å². The van der Waals surface area contributed by atoms with Gasteiger partial charge in [-0.15, -0.1) is 0 Å². The van der Waals surface area contributed by atoms with Crippen LogP contribution in [0.5, 0.6) is 0 Å². The Hall–Kier alpha value is 0.726. The summed E-state index contributed by atoms with van der Waals surface area (Å²) in [6, 6.07) is 0. The third-order valence-electron chi connectivity index (χ3n) is 2.47. The second kappa shape index (κ2) is 4.57. The average molecular weight is 153 g/mol. The molecule has 0 aromatic heterocycles. The Morgan fingerprint density at radius 1 is 1.30 bits per heavy atom. The summed E-state index contributed by atoms with van der Waals surface area (Å²) in [7, 11) is 0. The third kappa shape index (κ3) is 2.11. The van der Waals surface area contributed by atoms with Crippen molar-refractivity contribution < 1.29 is 4.74 Å². The molecule has 1 rings (SSSR count). The maximum atomic E-state index is 5.64. The van der Waals surface area contributed by atoms with Crippen LogP contribution in [0.1, 0.15) is 39.5 Å². The summed E-state index contributed by atoms with van der Waals surface area (Å²) in [5, 5.41) is 0. The Bertz CT molecular complexity index is 81.3. The van der Waals surface area contributed by atoms with E-state index < -0.39 is 0 Å². The molecule has 56 valence electrons. The highest BCUT2D eigenvalue weighted by Gasteiger charge is 2.30. The van der Waals surface area contributed by atoms with E-state index >= 15 is 0 Å². The molecule has 1 heterocycles. The van der Waals surface area contributed by atoms with E-state index in [1.54, 1.807) is 0 Å². The predicted octanol–water partition coefficient (Wildman–Crippen LogP) is 1.97. The lowest BCUT2D eigenvalue weighted by molar-refractivity contribution is -0.00190. The topological polar surface area (TPSA) is 9.23 Å². The third-order valence-corrected chi connectivity index (χ3v) is 2.47. The molecule has 2 radical (unpaired) electrons. The highest BCUT2D eigenvalue weighted by Crippen LogP contribution is 2.31. The Kier molecular flexibility index (Phi) is 4.91. The molecule has 1 aliphatic heterocycles. The fourth-order valence-corrected chi connectivity index (χ4v) is 1.56. The van der Waals surface area contributed by atoms with Gasteiger partial charge in [0.05, 0.1) is 5.60 Å². The standard InChI is InChI=1S/C8H16O.Mg/c1-3-8(4-2)6-5-7-9-8;/h3-7H2,1-2H3;. The molecule has 2 heteroatoms. The predicted molar refractivity (Wildman–Crippen MR) is 44.3 cm³/mol. The van der Waals surface area contributed by atoms with Crippen LogP contribution >= 0.6 is 0 Å². The molecule has 0 aliphatic carbocycles. The Balaban J connectivity index is 0.000000810. The largest absolute Gasteiger partial charge is 0.375 e. The normalized spacial score (nSPS) is 22.2.